The van der Waals surface area contributed by atoms with Gasteiger partial charge >= 0.3 is 0 Å². The maximum absolute atomic E-state index is 9.17. The first-order valence-electron chi connectivity index (χ1n) is 6.78. The summed E-state index contributed by atoms with van der Waals surface area (Å²) >= 11 is 0. The summed E-state index contributed by atoms with van der Waals surface area (Å²) in [6.07, 6.45) is 3.82. The zero-order chi connectivity index (χ0) is 12.4. The number of para-hydroxylation sites is 1. The van der Waals surface area contributed by atoms with Gasteiger partial charge in [-0.2, -0.15) is 5.26 Å². The number of nitrogens with zero attached hydrogens (tertiary/aromatic N) is 2. The van der Waals surface area contributed by atoms with Crippen LogP contribution in [0.3, 0.4) is 0 Å². The molecule has 2 heterocycles. The highest BCUT2D eigenvalue weighted by Crippen LogP contribution is 2.38. The van der Waals surface area contributed by atoms with Crippen LogP contribution in [0.15, 0.2) is 24.3 Å². The summed E-state index contributed by atoms with van der Waals surface area (Å²) in [6, 6.07) is 10.3. The van der Waals surface area contributed by atoms with Gasteiger partial charge in [-0.3, -0.25) is 0 Å². The molecule has 1 N–H and O–H groups in total. The molecule has 0 radical (unpaired) electrons. The second kappa shape index (κ2) is 4.62. The van der Waals surface area contributed by atoms with Gasteiger partial charge in [-0.05, 0) is 43.4 Å². The topological polar surface area (TPSA) is 39.1 Å². The molecule has 1 aromatic carbocycles. The summed E-state index contributed by atoms with van der Waals surface area (Å²) < 4.78 is 0. The summed E-state index contributed by atoms with van der Waals surface area (Å²) in [4.78, 5) is 2.38. The largest absolute Gasteiger partial charge is 0.370 e. The highest BCUT2D eigenvalue weighted by molar-refractivity contribution is 5.59. The zero-order valence-electron chi connectivity index (χ0n) is 10.7. The first-order valence-corrected chi connectivity index (χ1v) is 6.78. The van der Waals surface area contributed by atoms with E-state index in [2.05, 4.69) is 22.4 Å². The van der Waals surface area contributed by atoms with Crippen LogP contribution < -0.4 is 10.2 Å². The Morgan fingerprint density at radius 1 is 1.17 bits per heavy atom. The number of hydrogen-bond acceptors (Lipinski definition) is 3. The van der Waals surface area contributed by atoms with E-state index >= 15 is 0 Å². The molecular formula is C15H19N3. The molecule has 1 spiro atoms. The van der Waals surface area contributed by atoms with Crippen LogP contribution in [0, 0.1) is 16.7 Å². The third kappa shape index (κ3) is 1.97. The second-order valence-corrected chi connectivity index (χ2v) is 5.54. The van der Waals surface area contributed by atoms with Crippen LogP contribution in [0.4, 0.5) is 5.69 Å². The summed E-state index contributed by atoms with van der Waals surface area (Å²) in [6.45, 7) is 4.52. The van der Waals surface area contributed by atoms with Gasteiger partial charge in [0.05, 0.1) is 11.3 Å². The Balaban J connectivity index is 1.74. The molecule has 0 unspecified atom stereocenters. The minimum Gasteiger partial charge on any atom is -0.370 e. The third-order valence-corrected chi connectivity index (χ3v) is 4.52. The van der Waals surface area contributed by atoms with Crippen molar-refractivity contribution in [2.24, 2.45) is 5.41 Å². The molecule has 0 saturated carbocycles. The summed E-state index contributed by atoms with van der Waals surface area (Å²) in [5.41, 5.74) is 2.46. The van der Waals surface area contributed by atoms with Crippen molar-refractivity contribution in [3.8, 4) is 6.07 Å². The minimum absolute atomic E-state index is 0.540. The molecule has 2 fully saturated rings. The standard InChI is InChI=1S/C15H19N3/c16-11-13-3-1-2-4-14(13)18-9-6-15(7-10-18)5-8-17-12-15/h1-4,17H,5-10,12H2. The van der Waals surface area contributed by atoms with E-state index in [0.717, 1.165) is 24.3 Å². The molecule has 0 atom stereocenters. The molecule has 0 amide bonds. The van der Waals surface area contributed by atoms with E-state index in [0.29, 0.717) is 5.41 Å². The van der Waals surface area contributed by atoms with Crippen LogP contribution in [-0.2, 0) is 0 Å². The zero-order valence-corrected chi connectivity index (χ0v) is 10.7. The molecule has 3 rings (SSSR count). The highest BCUT2D eigenvalue weighted by atomic mass is 15.1. The second-order valence-electron chi connectivity index (χ2n) is 5.54. The van der Waals surface area contributed by atoms with Crippen LogP contribution in [0.2, 0.25) is 0 Å². The molecule has 2 aliphatic heterocycles. The predicted octanol–water partition coefficient (Wildman–Crippen LogP) is 2.14. The van der Waals surface area contributed by atoms with Gasteiger partial charge in [0.15, 0.2) is 0 Å². The predicted molar refractivity (Wildman–Crippen MR) is 72.5 cm³/mol. The van der Waals surface area contributed by atoms with Crippen LogP contribution in [0.25, 0.3) is 0 Å². The molecule has 2 aliphatic rings. The fraction of sp³-hybridized carbons (Fsp3) is 0.533. The Hall–Kier alpha value is -1.53. The molecule has 0 bridgehead atoms. The molecule has 3 nitrogen and oxygen atoms in total. The van der Waals surface area contributed by atoms with E-state index in [1.54, 1.807) is 0 Å². The number of nitrogens with one attached hydrogen (secondary N) is 1. The fourth-order valence-corrected chi connectivity index (χ4v) is 3.29. The lowest BCUT2D eigenvalue weighted by molar-refractivity contribution is 0.247. The highest BCUT2D eigenvalue weighted by Gasteiger charge is 2.37. The Bertz CT molecular complexity index is 459. The smallest absolute Gasteiger partial charge is 0.101 e. The summed E-state index contributed by atoms with van der Waals surface area (Å²) in [5.74, 6) is 0. The van der Waals surface area contributed by atoms with E-state index < -0.39 is 0 Å². The molecule has 3 heteroatoms. The SMILES string of the molecule is N#Cc1ccccc1N1CCC2(CCNC2)CC1. The Labute approximate surface area is 108 Å². The van der Waals surface area contributed by atoms with Gasteiger partial charge in [0, 0.05) is 19.6 Å². The molecule has 18 heavy (non-hydrogen) atoms. The minimum atomic E-state index is 0.540. The molecule has 0 aromatic heterocycles. The van der Waals surface area contributed by atoms with Gasteiger partial charge in [0.2, 0.25) is 0 Å². The van der Waals surface area contributed by atoms with Crippen LogP contribution in [0.5, 0.6) is 0 Å². The van der Waals surface area contributed by atoms with Gasteiger partial charge in [-0.1, -0.05) is 12.1 Å². The Kier molecular flexibility index (Phi) is 2.97. The number of anilines is 1. The van der Waals surface area contributed by atoms with Crippen molar-refractivity contribution in [2.75, 3.05) is 31.1 Å². The van der Waals surface area contributed by atoms with E-state index in [9.17, 15) is 0 Å². The first-order chi connectivity index (χ1) is 8.83. The fourth-order valence-electron chi connectivity index (χ4n) is 3.29. The van der Waals surface area contributed by atoms with Gasteiger partial charge in [0.1, 0.15) is 6.07 Å². The van der Waals surface area contributed by atoms with Crippen molar-refractivity contribution in [3.63, 3.8) is 0 Å². The van der Waals surface area contributed by atoms with Crippen molar-refractivity contribution in [3.05, 3.63) is 29.8 Å². The van der Waals surface area contributed by atoms with E-state index in [-0.39, 0.29) is 0 Å². The maximum Gasteiger partial charge on any atom is 0.101 e. The molecule has 94 valence electrons. The van der Waals surface area contributed by atoms with E-state index in [4.69, 9.17) is 5.26 Å². The van der Waals surface area contributed by atoms with E-state index in [1.807, 2.05) is 18.2 Å². The molecule has 1 aromatic rings. The van der Waals surface area contributed by atoms with Crippen LogP contribution >= 0.6 is 0 Å². The van der Waals surface area contributed by atoms with Crippen molar-refractivity contribution in [2.45, 2.75) is 19.3 Å². The quantitative estimate of drug-likeness (QED) is 0.818. The van der Waals surface area contributed by atoms with Gasteiger partial charge < -0.3 is 10.2 Å². The van der Waals surface area contributed by atoms with E-state index in [1.165, 1.54) is 32.4 Å². The summed E-state index contributed by atoms with van der Waals surface area (Å²) in [5, 5.41) is 12.7. The number of piperidine rings is 1. The number of hydrogen-bond donors (Lipinski definition) is 1. The maximum atomic E-state index is 9.17. The summed E-state index contributed by atoms with van der Waals surface area (Å²) in [7, 11) is 0. The average Bonchev–Trinajstić information content (AvgIpc) is 2.88. The Morgan fingerprint density at radius 2 is 1.94 bits per heavy atom. The first kappa shape index (κ1) is 11.6. The molecule has 0 aliphatic carbocycles. The van der Waals surface area contributed by atoms with Crippen LogP contribution in [0.1, 0.15) is 24.8 Å². The van der Waals surface area contributed by atoms with Gasteiger partial charge in [-0.15, -0.1) is 0 Å². The van der Waals surface area contributed by atoms with Crippen molar-refractivity contribution in [1.82, 2.24) is 5.32 Å². The number of nitriles is 1. The van der Waals surface area contributed by atoms with Crippen molar-refractivity contribution < 1.29 is 0 Å². The van der Waals surface area contributed by atoms with Gasteiger partial charge in [-0.25, -0.2) is 0 Å². The lowest BCUT2D eigenvalue weighted by Crippen LogP contribution is -2.41. The monoisotopic (exact) mass is 241 g/mol. The third-order valence-electron chi connectivity index (χ3n) is 4.52. The average molecular weight is 241 g/mol. The van der Waals surface area contributed by atoms with Crippen molar-refractivity contribution in [1.29, 1.82) is 5.26 Å². The molecule has 2 saturated heterocycles. The lowest BCUT2D eigenvalue weighted by Gasteiger charge is -2.40. The van der Waals surface area contributed by atoms with Crippen molar-refractivity contribution >= 4 is 5.69 Å². The molecular weight excluding hydrogens is 222 g/mol. The van der Waals surface area contributed by atoms with Gasteiger partial charge in [0.25, 0.3) is 0 Å². The lowest BCUT2D eigenvalue weighted by atomic mass is 9.77. The Morgan fingerprint density at radius 3 is 2.61 bits per heavy atom. The van der Waals surface area contributed by atoms with Crippen LogP contribution in [-0.4, -0.2) is 26.2 Å². The number of benzene rings is 1. The normalized spacial score (nSPS) is 22.1. The number of rotatable bonds is 1.